The van der Waals surface area contributed by atoms with Crippen LogP contribution in [0.1, 0.15) is 40.9 Å². The number of rotatable bonds is 7. The van der Waals surface area contributed by atoms with Crippen molar-refractivity contribution >= 4 is 33.0 Å². The second kappa shape index (κ2) is 7.43. The lowest BCUT2D eigenvalue weighted by Gasteiger charge is -2.04. The molecular weight excluding hydrogens is 284 g/mol. The number of anilines is 1. The Bertz CT molecular complexity index is 622. The van der Waals surface area contributed by atoms with E-state index < -0.39 is 0 Å². The van der Waals surface area contributed by atoms with Gasteiger partial charge in [-0.2, -0.15) is 0 Å². The van der Waals surface area contributed by atoms with E-state index >= 15 is 0 Å². The van der Waals surface area contributed by atoms with Crippen LogP contribution in [0, 0.1) is 6.92 Å². The molecule has 0 spiro atoms. The molecule has 1 heterocycles. The summed E-state index contributed by atoms with van der Waals surface area (Å²) >= 11 is 1.44. The molecule has 1 aromatic carbocycles. The first-order chi connectivity index (χ1) is 10.1. The minimum atomic E-state index is -0.0893. The molecule has 5 heteroatoms. The Morgan fingerprint density at radius 2 is 2.05 bits per heavy atom. The number of thiophene rings is 1. The van der Waals surface area contributed by atoms with Gasteiger partial charge in [0.05, 0.1) is 5.69 Å². The summed E-state index contributed by atoms with van der Waals surface area (Å²) < 4.78 is 1.05. The maximum Gasteiger partial charge on any atom is 0.263 e. The lowest BCUT2D eigenvalue weighted by atomic mass is 10.1. The molecule has 2 rings (SSSR count). The van der Waals surface area contributed by atoms with Crippen LogP contribution >= 0.6 is 11.3 Å². The van der Waals surface area contributed by atoms with Gasteiger partial charge >= 0.3 is 0 Å². The zero-order valence-corrected chi connectivity index (χ0v) is 13.1. The van der Waals surface area contributed by atoms with Crippen LogP contribution < -0.4 is 11.1 Å². The lowest BCUT2D eigenvalue weighted by molar-refractivity contribution is 0.0957. The number of benzene rings is 1. The van der Waals surface area contributed by atoms with Crippen LogP contribution in [0.25, 0.3) is 10.1 Å². The Kier molecular flexibility index (Phi) is 5.59. The number of hydrogen-bond acceptors (Lipinski definition) is 4. The van der Waals surface area contributed by atoms with Crippen molar-refractivity contribution in [3.8, 4) is 0 Å². The topological polar surface area (TPSA) is 75.3 Å². The standard InChI is InChI=1S/C16H22N2O2S/c1-11-6-7-13-12(10-11)14(17)15(21-13)16(20)18-8-4-2-3-5-9-19/h6-7,10,19H,2-5,8-9,17H2,1H3,(H,18,20). The normalized spacial score (nSPS) is 11.0. The van der Waals surface area contributed by atoms with Crippen LogP contribution in [0.3, 0.4) is 0 Å². The quantitative estimate of drug-likeness (QED) is 0.688. The predicted octanol–water partition coefficient (Wildman–Crippen LogP) is 3.07. The summed E-state index contributed by atoms with van der Waals surface area (Å²) in [6.07, 6.45) is 3.77. The largest absolute Gasteiger partial charge is 0.397 e. The highest BCUT2D eigenvalue weighted by atomic mass is 32.1. The fraction of sp³-hybridized carbons (Fsp3) is 0.438. The first-order valence-corrected chi connectivity index (χ1v) is 8.13. The van der Waals surface area contributed by atoms with Crippen LogP contribution in [-0.4, -0.2) is 24.2 Å². The average molecular weight is 306 g/mol. The number of nitrogen functional groups attached to an aromatic ring is 1. The molecular formula is C16H22N2O2S. The summed E-state index contributed by atoms with van der Waals surface area (Å²) in [5.74, 6) is -0.0893. The van der Waals surface area contributed by atoms with Crippen molar-refractivity contribution in [1.29, 1.82) is 0 Å². The number of nitrogens with two attached hydrogens (primary N) is 1. The summed E-state index contributed by atoms with van der Waals surface area (Å²) in [7, 11) is 0. The number of amides is 1. The van der Waals surface area contributed by atoms with Gasteiger partial charge in [-0.3, -0.25) is 4.79 Å². The Morgan fingerprint density at radius 1 is 1.29 bits per heavy atom. The molecule has 0 aliphatic carbocycles. The van der Waals surface area contributed by atoms with E-state index in [-0.39, 0.29) is 12.5 Å². The number of carbonyl (C=O) groups is 1. The van der Waals surface area contributed by atoms with Crippen molar-refractivity contribution < 1.29 is 9.90 Å². The highest BCUT2D eigenvalue weighted by molar-refractivity contribution is 7.21. The highest BCUT2D eigenvalue weighted by Gasteiger charge is 2.15. The first-order valence-electron chi connectivity index (χ1n) is 7.31. The molecule has 21 heavy (non-hydrogen) atoms. The van der Waals surface area contributed by atoms with Gasteiger partial charge in [0.25, 0.3) is 5.91 Å². The van der Waals surface area contributed by atoms with Crippen LogP contribution in [0.5, 0.6) is 0 Å². The number of carbonyl (C=O) groups excluding carboxylic acids is 1. The van der Waals surface area contributed by atoms with Gasteiger partial charge < -0.3 is 16.2 Å². The van der Waals surface area contributed by atoms with Crippen molar-refractivity contribution in [2.45, 2.75) is 32.6 Å². The molecule has 1 aromatic heterocycles. The summed E-state index contributed by atoms with van der Waals surface area (Å²) in [4.78, 5) is 12.8. The van der Waals surface area contributed by atoms with Crippen molar-refractivity contribution in [3.63, 3.8) is 0 Å². The molecule has 2 aromatic rings. The van der Waals surface area contributed by atoms with E-state index in [1.807, 2.05) is 25.1 Å². The van der Waals surface area contributed by atoms with E-state index in [1.165, 1.54) is 11.3 Å². The van der Waals surface area contributed by atoms with Gasteiger partial charge in [-0.15, -0.1) is 11.3 Å². The molecule has 4 N–H and O–H groups in total. The summed E-state index contributed by atoms with van der Waals surface area (Å²) in [5, 5.41) is 12.6. The summed E-state index contributed by atoms with van der Waals surface area (Å²) in [5.41, 5.74) is 7.82. The third-order valence-corrected chi connectivity index (χ3v) is 4.64. The number of nitrogens with one attached hydrogen (secondary N) is 1. The number of aliphatic hydroxyl groups excluding tert-OH is 1. The molecule has 0 bridgehead atoms. The molecule has 0 saturated carbocycles. The molecule has 0 aliphatic rings. The van der Waals surface area contributed by atoms with Gasteiger partial charge in [-0.05, 0) is 31.9 Å². The third kappa shape index (κ3) is 3.95. The molecule has 4 nitrogen and oxygen atoms in total. The molecule has 0 atom stereocenters. The third-order valence-electron chi connectivity index (χ3n) is 3.46. The number of aliphatic hydroxyl groups is 1. The molecule has 0 saturated heterocycles. The van der Waals surface area contributed by atoms with Crippen LogP contribution in [0.2, 0.25) is 0 Å². The van der Waals surface area contributed by atoms with E-state index in [0.717, 1.165) is 41.3 Å². The van der Waals surface area contributed by atoms with Gasteiger partial charge in [0.1, 0.15) is 4.88 Å². The minimum Gasteiger partial charge on any atom is -0.397 e. The van der Waals surface area contributed by atoms with Gasteiger partial charge in [0.15, 0.2) is 0 Å². The average Bonchev–Trinajstić information content (AvgIpc) is 2.79. The smallest absolute Gasteiger partial charge is 0.263 e. The maximum absolute atomic E-state index is 12.2. The van der Waals surface area contributed by atoms with Gasteiger partial charge in [0.2, 0.25) is 0 Å². The number of hydrogen-bond donors (Lipinski definition) is 3. The van der Waals surface area contributed by atoms with Crippen LogP contribution in [-0.2, 0) is 0 Å². The zero-order chi connectivity index (χ0) is 15.2. The van der Waals surface area contributed by atoms with Gasteiger partial charge in [-0.1, -0.05) is 24.5 Å². The molecule has 0 fully saturated rings. The predicted molar refractivity (Wildman–Crippen MR) is 88.9 cm³/mol. The molecule has 114 valence electrons. The lowest BCUT2D eigenvalue weighted by Crippen LogP contribution is -2.24. The molecule has 0 radical (unpaired) electrons. The number of unbranched alkanes of at least 4 members (excludes halogenated alkanes) is 3. The van der Waals surface area contributed by atoms with Crippen molar-refractivity contribution in [3.05, 3.63) is 28.6 Å². The Labute approximate surface area is 129 Å². The van der Waals surface area contributed by atoms with Crippen LogP contribution in [0.4, 0.5) is 5.69 Å². The van der Waals surface area contributed by atoms with E-state index in [4.69, 9.17) is 10.8 Å². The zero-order valence-electron chi connectivity index (χ0n) is 12.3. The molecule has 1 amide bonds. The van der Waals surface area contributed by atoms with E-state index in [9.17, 15) is 4.79 Å². The number of fused-ring (bicyclic) bond motifs is 1. The maximum atomic E-state index is 12.2. The van der Waals surface area contributed by atoms with Crippen LogP contribution in [0.15, 0.2) is 18.2 Å². The van der Waals surface area contributed by atoms with E-state index in [0.29, 0.717) is 17.1 Å². The van der Waals surface area contributed by atoms with Crippen molar-refractivity contribution in [2.24, 2.45) is 0 Å². The number of aryl methyl sites for hydroxylation is 1. The highest BCUT2D eigenvalue weighted by Crippen LogP contribution is 2.34. The first kappa shape index (κ1) is 15.8. The van der Waals surface area contributed by atoms with Crippen molar-refractivity contribution in [2.75, 3.05) is 18.9 Å². The molecule has 0 unspecified atom stereocenters. The molecule has 0 aliphatic heterocycles. The summed E-state index contributed by atoms with van der Waals surface area (Å²) in [6, 6.07) is 6.06. The Hall–Kier alpha value is -1.59. The van der Waals surface area contributed by atoms with Gasteiger partial charge in [-0.25, -0.2) is 0 Å². The summed E-state index contributed by atoms with van der Waals surface area (Å²) in [6.45, 7) is 2.91. The minimum absolute atomic E-state index is 0.0893. The van der Waals surface area contributed by atoms with Gasteiger partial charge in [0, 0.05) is 23.2 Å². The fourth-order valence-electron chi connectivity index (χ4n) is 2.27. The SMILES string of the molecule is Cc1ccc2sc(C(=O)NCCCCCCO)c(N)c2c1. The second-order valence-electron chi connectivity index (χ2n) is 5.24. The van der Waals surface area contributed by atoms with E-state index in [2.05, 4.69) is 5.32 Å². The monoisotopic (exact) mass is 306 g/mol. The Morgan fingerprint density at radius 3 is 2.81 bits per heavy atom. The van der Waals surface area contributed by atoms with Crippen molar-refractivity contribution in [1.82, 2.24) is 5.32 Å². The Balaban J connectivity index is 1.95. The van der Waals surface area contributed by atoms with E-state index in [1.54, 1.807) is 0 Å². The fourth-order valence-corrected chi connectivity index (χ4v) is 3.29. The second-order valence-corrected chi connectivity index (χ2v) is 6.29.